The molecule has 252 valence electrons. The Balaban J connectivity index is 1.38. The number of hydrogen-bond donors (Lipinski definition) is 0. The average molecular weight is 651 g/mol. The number of hydrogen-bond acceptors (Lipinski definition) is 11. The van der Waals surface area contributed by atoms with Crippen molar-refractivity contribution in [2.75, 3.05) is 0 Å². The van der Waals surface area contributed by atoms with Gasteiger partial charge >= 0.3 is 29.5 Å². The minimum absolute atomic E-state index is 0.126. The molecule has 2 aliphatic carbocycles. The molecule has 0 radical (unpaired) electrons. The van der Waals surface area contributed by atoms with Crippen LogP contribution >= 0.6 is 0 Å². The molecule has 2 saturated carbocycles. The van der Waals surface area contributed by atoms with E-state index in [0.717, 1.165) is 0 Å². The number of rotatable bonds is 4. The van der Waals surface area contributed by atoms with E-state index in [1.807, 2.05) is 27.7 Å². The number of carbonyl (C=O) groups is 4. The smallest absolute Gasteiger partial charge is 0.351 e. The van der Waals surface area contributed by atoms with Gasteiger partial charge in [0, 0.05) is 21.8 Å². The lowest BCUT2D eigenvalue weighted by Crippen LogP contribution is -2.57. The van der Waals surface area contributed by atoms with Crippen LogP contribution in [0.1, 0.15) is 104 Å². The normalized spacial score (nSPS) is 36.8. The lowest BCUT2D eigenvalue weighted by molar-refractivity contribution is -0.217. The van der Waals surface area contributed by atoms with Gasteiger partial charge in [0.1, 0.15) is 16.9 Å². The Morgan fingerprint density at radius 2 is 1.21 bits per heavy atom. The molecule has 7 rings (SSSR count). The molecule has 3 aliphatic heterocycles. The SMILES string of the molecule is Cc1c(C)c2ccc3c(c2oc1=O)[C@@H](OC(=O)C12CCC(C)(C(=O)O1)C2(C)C)[C@@H](OC(=O)C12CCC(C)(C(=O)O1)C2(C)C)C(C)(C)O3. The van der Waals surface area contributed by atoms with Crippen LogP contribution in [0.3, 0.4) is 0 Å². The molecule has 4 unspecified atom stereocenters. The largest absolute Gasteiger partial charge is 0.483 e. The van der Waals surface area contributed by atoms with E-state index in [0.29, 0.717) is 29.4 Å². The summed E-state index contributed by atoms with van der Waals surface area (Å²) < 4.78 is 36.7. The van der Waals surface area contributed by atoms with E-state index in [2.05, 4.69) is 0 Å². The highest BCUT2D eigenvalue weighted by molar-refractivity contribution is 5.95. The summed E-state index contributed by atoms with van der Waals surface area (Å²) in [5.41, 5.74) is -7.21. The van der Waals surface area contributed by atoms with Crippen molar-refractivity contribution in [3.8, 4) is 5.75 Å². The van der Waals surface area contributed by atoms with Crippen molar-refractivity contribution < 1.29 is 47.3 Å². The second-order valence-corrected chi connectivity index (χ2v) is 16.2. The minimum atomic E-state index is -1.59. The Bertz CT molecular complexity index is 1880. The van der Waals surface area contributed by atoms with E-state index in [-0.39, 0.29) is 29.7 Å². The highest BCUT2D eigenvalue weighted by atomic mass is 16.7. The van der Waals surface area contributed by atoms with Gasteiger partial charge in [-0.3, -0.25) is 9.59 Å². The van der Waals surface area contributed by atoms with E-state index < -0.39 is 80.2 Å². The highest BCUT2D eigenvalue weighted by Gasteiger charge is 2.78. The van der Waals surface area contributed by atoms with Crippen LogP contribution < -0.4 is 10.4 Å². The van der Waals surface area contributed by atoms with E-state index in [4.69, 9.17) is 28.1 Å². The van der Waals surface area contributed by atoms with Gasteiger partial charge in [-0.15, -0.1) is 0 Å². The first-order valence-corrected chi connectivity index (χ1v) is 16.3. The van der Waals surface area contributed by atoms with Crippen LogP contribution in [0.15, 0.2) is 21.3 Å². The molecule has 47 heavy (non-hydrogen) atoms. The summed E-state index contributed by atoms with van der Waals surface area (Å²) in [5, 5.41) is 0.588. The third-order valence-electron chi connectivity index (χ3n) is 13.5. The standard InChI is InChI=1S/C36H42O11/c1-17-18(2)25(37)42-22-19(17)11-12-20-21(22)23(43-28(40)35-15-13-33(9,26(38)46-35)31(35,5)6)24(30(3,4)45-20)44-29(41)36-16-14-34(10,27(39)47-36)32(36,7)8/h11-12,23-24H,13-16H2,1-10H3/t23-,24-,33?,34?,35?,36?/m1/s1. The summed E-state index contributed by atoms with van der Waals surface area (Å²) in [6, 6.07) is 3.47. The number of carbonyl (C=O) groups excluding carboxylic acids is 4. The van der Waals surface area contributed by atoms with Gasteiger partial charge in [0.25, 0.3) is 0 Å². The van der Waals surface area contributed by atoms with Gasteiger partial charge in [-0.05, 0) is 84.9 Å². The molecule has 4 heterocycles. The topological polar surface area (TPSA) is 145 Å². The van der Waals surface area contributed by atoms with Gasteiger partial charge in [-0.2, -0.15) is 0 Å². The number of benzene rings is 1. The van der Waals surface area contributed by atoms with Gasteiger partial charge in [0.05, 0.1) is 16.4 Å². The molecular formula is C36H42O11. The van der Waals surface area contributed by atoms with Crippen molar-refractivity contribution in [3.05, 3.63) is 39.2 Å². The summed E-state index contributed by atoms with van der Waals surface area (Å²) >= 11 is 0. The fourth-order valence-corrected chi connectivity index (χ4v) is 8.88. The predicted molar refractivity (Wildman–Crippen MR) is 165 cm³/mol. The molecule has 11 nitrogen and oxygen atoms in total. The summed E-state index contributed by atoms with van der Waals surface area (Å²) in [6.07, 6.45) is -1.28. The van der Waals surface area contributed by atoms with Crippen molar-refractivity contribution in [1.82, 2.24) is 0 Å². The molecule has 6 atom stereocenters. The van der Waals surface area contributed by atoms with E-state index in [1.165, 1.54) is 0 Å². The molecule has 5 aliphatic rings. The maximum Gasteiger partial charge on any atom is 0.351 e. The third kappa shape index (κ3) is 3.45. The molecule has 2 saturated heterocycles. The second kappa shape index (κ2) is 8.96. The number of ether oxygens (including phenoxy) is 5. The Kier molecular flexibility index (Phi) is 6.04. The Morgan fingerprint density at radius 1 is 0.702 bits per heavy atom. The molecule has 0 amide bonds. The van der Waals surface area contributed by atoms with Crippen LogP contribution in [0.5, 0.6) is 5.75 Å². The van der Waals surface area contributed by atoms with Crippen molar-refractivity contribution in [3.63, 3.8) is 0 Å². The van der Waals surface area contributed by atoms with Gasteiger partial charge in [0.2, 0.25) is 11.2 Å². The van der Waals surface area contributed by atoms with Crippen LogP contribution in [-0.2, 0) is 38.1 Å². The fraction of sp³-hybridized carbons (Fsp3) is 0.639. The van der Waals surface area contributed by atoms with Gasteiger partial charge in [0.15, 0.2) is 12.2 Å². The molecule has 1 aromatic heterocycles. The van der Waals surface area contributed by atoms with Crippen molar-refractivity contribution in [2.24, 2.45) is 21.7 Å². The Morgan fingerprint density at radius 3 is 1.68 bits per heavy atom. The summed E-state index contributed by atoms with van der Waals surface area (Å²) in [6.45, 7) is 17.7. The van der Waals surface area contributed by atoms with Crippen molar-refractivity contribution in [2.45, 2.75) is 124 Å². The van der Waals surface area contributed by atoms with Gasteiger partial charge in [-0.1, -0.05) is 27.7 Å². The molecule has 2 aromatic rings. The molecular weight excluding hydrogens is 608 g/mol. The Labute approximate surface area is 272 Å². The lowest BCUT2D eigenvalue weighted by Gasteiger charge is -2.45. The minimum Gasteiger partial charge on any atom is -0.483 e. The van der Waals surface area contributed by atoms with E-state index >= 15 is 0 Å². The average Bonchev–Trinajstić information content (AvgIpc) is 3.45. The summed E-state index contributed by atoms with van der Waals surface area (Å²) in [5.74, 6) is -2.25. The number of esters is 4. The summed E-state index contributed by atoms with van der Waals surface area (Å²) in [7, 11) is 0. The maximum absolute atomic E-state index is 14.5. The van der Waals surface area contributed by atoms with Gasteiger partial charge in [-0.25, -0.2) is 14.4 Å². The molecule has 1 aromatic carbocycles. The number of aryl methyl sites for hydroxylation is 1. The zero-order valence-corrected chi connectivity index (χ0v) is 28.6. The van der Waals surface area contributed by atoms with Gasteiger partial charge < -0.3 is 28.1 Å². The fourth-order valence-electron chi connectivity index (χ4n) is 8.88. The van der Waals surface area contributed by atoms with Crippen LogP contribution in [0.4, 0.5) is 0 Å². The van der Waals surface area contributed by atoms with Crippen LogP contribution in [0.25, 0.3) is 11.0 Å². The predicted octanol–water partition coefficient (Wildman–Crippen LogP) is 5.32. The molecule has 4 bridgehead atoms. The monoisotopic (exact) mass is 650 g/mol. The lowest BCUT2D eigenvalue weighted by atomic mass is 9.66. The Hall–Kier alpha value is -3.89. The van der Waals surface area contributed by atoms with Crippen molar-refractivity contribution >= 4 is 34.8 Å². The zero-order valence-electron chi connectivity index (χ0n) is 28.6. The van der Waals surface area contributed by atoms with E-state index in [1.54, 1.807) is 53.7 Å². The molecule has 0 spiro atoms. The first-order valence-electron chi connectivity index (χ1n) is 16.3. The molecule has 4 fully saturated rings. The third-order valence-corrected chi connectivity index (χ3v) is 13.5. The van der Waals surface area contributed by atoms with Crippen LogP contribution in [-0.4, -0.2) is 46.8 Å². The first kappa shape index (κ1) is 31.7. The van der Waals surface area contributed by atoms with Crippen LogP contribution in [0, 0.1) is 35.5 Å². The maximum atomic E-state index is 14.5. The first-order chi connectivity index (χ1) is 21.6. The number of fused-ring (bicyclic) bond motifs is 7. The highest BCUT2D eigenvalue weighted by Crippen LogP contribution is 2.67. The zero-order chi connectivity index (χ0) is 34.5. The molecule has 0 N–H and O–H groups in total. The molecule has 11 heteroatoms. The van der Waals surface area contributed by atoms with Crippen molar-refractivity contribution in [1.29, 1.82) is 0 Å². The second-order valence-electron chi connectivity index (χ2n) is 16.2. The quantitative estimate of drug-likeness (QED) is 0.241. The summed E-state index contributed by atoms with van der Waals surface area (Å²) in [4.78, 5) is 68.0. The van der Waals surface area contributed by atoms with Crippen LogP contribution in [0.2, 0.25) is 0 Å². The van der Waals surface area contributed by atoms with E-state index in [9.17, 15) is 24.0 Å².